The van der Waals surface area contributed by atoms with Crippen LogP contribution in [0, 0.1) is 0 Å². The van der Waals surface area contributed by atoms with Crippen molar-refractivity contribution in [1.29, 1.82) is 0 Å². The van der Waals surface area contributed by atoms with E-state index in [9.17, 15) is 4.79 Å². The molecule has 0 unspecified atom stereocenters. The normalized spacial score (nSPS) is 8.26. The summed E-state index contributed by atoms with van der Waals surface area (Å²) >= 11 is 0. The third-order valence-electron chi connectivity index (χ3n) is 2.63. The van der Waals surface area contributed by atoms with Crippen molar-refractivity contribution in [3.63, 3.8) is 0 Å². The average molecular weight is 316 g/mol. The van der Waals surface area contributed by atoms with Crippen molar-refractivity contribution < 1.29 is 9.90 Å². The molecule has 2 heteroatoms. The first-order valence-corrected chi connectivity index (χ1v) is 8.57. The zero-order valence-corrected chi connectivity index (χ0v) is 15.5. The molecule has 1 N–H and O–H groups in total. The van der Waals surface area contributed by atoms with Crippen LogP contribution in [0.4, 0.5) is 0 Å². The highest BCUT2D eigenvalue weighted by atomic mass is 16.4. The van der Waals surface area contributed by atoms with E-state index in [0.29, 0.717) is 0 Å². The van der Waals surface area contributed by atoms with Gasteiger partial charge in [-0.25, -0.2) is 0 Å². The standard InChI is InChI=1S/C15H14O2.3C2H6/c16-15(17)11-14-8-6-13(7-9-14)10-12-4-2-1-3-5-12;3*1-2/h1-9H,10-11H2,(H,16,17);3*1-2H3. The van der Waals surface area contributed by atoms with Gasteiger partial charge in [0.25, 0.3) is 0 Å². The van der Waals surface area contributed by atoms with E-state index in [-0.39, 0.29) is 6.42 Å². The van der Waals surface area contributed by atoms with Gasteiger partial charge in [-0.1, -0.05) is 96.1 Å². The molecular weight excluding hydrogens is 284 g/mol. The van der Waals surface area contributed by atoms with Crippen molar-refractivity contribution in [2.45, 2.75) is 54.4 Å². The van der Waals surface area contributed by atoms with Crippen LogP contribution < -0.4 is 0 Å². The van der Waals surface area contributed by atoms with Crippen LogP contribution >= 0.6 is 0 Å². The van der Waals surface area contributed by atoms with Crippen LogP contribution in [0.5, 0.6) is 0 Å². The second kappa shape index (κ2) is 16.3. The first-order valence-electron chi connectivity index (χ1n) is 8.57. The van der Waals surface area contributed by atoms with Crippen LogP contribution in [0.15, 0.2) is 54.6 Å². The number of benzene rings is 2. The smallest absolute Gasteiger partial charge is 0.307 e. The number of carbonyl (C=O) groups is 1. The highest BCUT2D eigenvalue weighted by molar-refractivity contribution is 5.70. The van der Waals surface area contributed by atoms with E-state index in [0.717, 1.165) is 12.0 Å². The van der Waals surface area contributed by atoms with Crippen molar-refractivity contribution in [1.82, 2.24) is 0 Å². The molecule has 2 rings (SSSR count). The third-order valence-corrected chi connectivity index (χ3v) is 2.63. The van der Waals surface area contributed by atoms with Gasteiger partial charge in [0.1, 0.15) is 0 Å². The molecule has 0 saturated heterocycles. The van der Waals surface area contributed by atoms with Crippen LogP contribution in [0.2, 0.25) is 0 Å². The topological polar surface area (TPSA) is 37.3 Å². The van der Waals surface area contributed by atoms with Gasteiger partial charge < -0.3 is 5.11 Å². The second-order valence-electron chi connectivity index (χ2n) is 4.05. The second-order valence-corrected chi connectivity index (χ2v) is 4.05. The molecule has 0 saturated carbocycles. The molecule has 0 aliphatic rings. The molecular formula is C21H32O2. The summed E-state index contributed by atoms with van der Waals surface area (Å²) in [5.41, 5.74) is 3.30. The lowest BCUT2D eigenvalue weighted by Crippen LogP contribution is -1.99. The van der Waals surface area contributed by atoms with Gasteiger partial charge >= 0.3 is 5.97 Å². The van der Waals surface area contributed by atoms with E-state index in [4.69, 9.17) is 5.11 Å². The zero-order valence-electron chi connectivity index (χ0n) is 15.5. The van der Waals surface area contributed by atoms with Crippen molar-refractivity contribution in [3.05, 3.63) is 71.3 Å². The van der Waals surface area contributed by atoms with Gasteiger partial charge in [0.2, 0.25) is 0 Å². The van der Waals surface area contributed by atoms with Crippen molar-refractivity contribution in [3.8, 4) is 0 Å². The number of hydrogen-bond donors (Lipinski definition) is 1. The third kappa shape index (κ3) is 11.2. The first kappa shape index (κ1) is 23.2. The molecule has 0 heterocycles. The Hall–Kier alpha value is -2.09. The summed E-state index contributed by atoms with van der Waals surface area (Å²) in [4.78, 5) is 10.5. The minimum atomic E-state index is -0.791. The quantitative estimate of drug-likeness (QED) is 0.753. The maximum Gasteiger partial charge on any atom is 0.307 e. The van der Waals surface area contributed by atoms with Crippen LogP contribution in [0.1, 0.15) is 58.2 Å². The van der Waals surface area contributed by atoms with Crippen LogP contribution in [0.3, 0.4) is 0 Å². The summed E-state index contributed by atoms with van der Waals surface area (Å²) in [5.74, 6) is -0.791. The van der Waals surface area contributed by atoms with Crippen LogP contribution in [0.25, 0.3) is 0 Å². The molecule has 0 aliphatic heterocycles. The first-order chi connectivity index (χ1) is 11.2. The number of hydrogen-bond acceptors (Lipinski definition) is 1. The summed E-state index contributed by atoms with van der Waals surface area (Å²) < 4.78 is 0. The van der Waals surface area contributed by atoms with Crippen molar-refractivity contribution in [2.24, 2.45) is 0 Å². The molecule has 128 valence electrons. The summed E-state index contributed by atoms with van der Waals surface area (Å²) in [6.45, 7) is 12.0. The fourth-order valence-corrected chi connectivity index (χ4v) is 1.78. The molecule has 2 aromatic rings. The lowest BCUT2D eigenvalue weighted by atomic mass is 10.0. The fraction of sp³-hybridized carbons (Fsp3) is 0.381. The summed E-state index contributed by atoms with van der Waals surface area (Å²) in [6.07, 6.45) is 0.972. The van der Waals surface area contributed by atoms with Gasteiger partial charge in [-0.2, -0.15) is 0 Å². The highest BCUT2D eigenvalue weighted by Crippen LogP contribution is 2.11. The van der Waals surface area contributed by atoms with Gasteiger partial charge in [0.15, 0.2) is 0 Å². The Morgan fingerprint density at radius 1 is 0.696 bits per heavy atom. The van der Waals surface area contributed by atoms with Crippen molar-refractivity contribution >= 4 is 5.97 Å². The Morgan fingerprint density at radius 2 is 1.09 bits per heavy atom. The number of carboxylic acid groups (broad SMARTS) is 1. The Morgan fingerprint density at radius 3 is 1.52 bits per heavy atom. The van der Waals surface area contributed by atoms with Crippen LogP contribution in [-0.2, 0) is 17.6 Å². The lowest BCUT2D eigenvalue weighted by molar-refractivity contribution is -0.136. The minimum absolute atomic E-state index is 0.0889. The van der Waals surface area contributed by atoms with Crippen LogP contribution in [-0.4, -0.2) is 11.1 Å². The van der Waals surface area contributed by atoms with Gasteiger partial charge in [0.05, 0.1) is 6.42 Å². The van der Waals surface area contributed by atoms with E-state index in [1.165, 1.54) is 11.1 Å². The molecule has 23 heavy (non-hydrogen) atoms. The maximum atomic E-state index is 10.5. The van der Waals surface area contributed by atoms with Crippen molar-refractivity contribution in [2.75, 3.05) is 0 Å². The molecule has 0 aromatic heterocycles. The van der Waals surface area contributed by atoms with Gasteiger partial charge in [-0.3, -0.25) is 4.79 Å². The summed E-state index contributed by atoms with van der Waals surface area (Å²) in [5, 5.41) is 8.67. The number of carboxylic acids is 1. The van der Waals surface area contributed by atoms with E-state index in [1.54, 1.807) is 0 Å². The molecule has 0 bridgehead atoms. The lowest BCUT2D eigenvalue weighted by Gasteiger charge is -2.03. The number of rotatable bonds is 4. The summed E-state index contributed by atoms with van der Waals surface area (Å²) in [7, 11) is 0. The Kier molecular flexibility index (Phi) is 16.4. The molecule has 2 nitrogen and oxygen atoms in total. The predicted octanol–water partition coefficient (Wildman–Crippen LogP) is 5.98. The molecule has 0 aliphatic carbocycles. The maximum absolute atomic E-state index is 10.5. The molecule has 0 amide bonds. The molecule has 0 fully saturated rings. The molecule has 0 atom stereocenters. The number of aliphatic carboxylic acids is 1. The van der Waals surface area contributed by atoms with Gasteiger partial charge in [0, 0.05) is 0 Å². The van der Waals surface area contributed by atoms with Gasteiger partial charge in [-0.05, 0) is 23.1 Å². The molecule has 2 aromatic carbocycles. The largest absolute Gasteiger partial charge is 0.481 e. The Bertz CT molecular complexity index is 487. The van der Waals surface area contributed by atoms with E-state index < -0.39 is 5.97 Å². The monoisotopic (exact) mass is 316 g/mol. The van der Waals surface area contributed by atoms with E-state index in [1.807, 2.05) is 84.0 Å². The fourth-order valence-electron chi connectivity index (χ4n) is 1.78. The Balaban J connectivity index is 0. The average Bonchev–Trinajstić information content (AvgIpc) is 2.62. The molecule has 0 radical (unpaired) electrons. The SMILES string of the molecule is CC.CC.CC.O=C(O)Cc1ccc(Cc2ccccc2)cc1. The van der Waals surface area contributed by atoms with E-state index >= 15 is 0 Å². The predicted molar refractivity (Wildman–Crippen MR) is 101 cm³/mol. The van der Waals surface area contributed by atoms with E-state index in [2.05, 4.69) is 12.1 Å². The summed E-state index contributed by atoms with van der Waals surface area (Å²) in [6, 6.07) is 18.0. The highest BCUT2D eigenvalue weighted by Gasteiger charge is 2.00. The Labute approximate surface area is 142 Å². The molecule has 0 spiro atoms. The minimum Gasteiger partial charge on any atom is -0.481 e. The van der Waals surface area contributed by atoms with Gasteiger partial charge in [-0.15, -0.1) is 0 Å². The zero-order chi connectivity index (χ0) is 18.1.